The summed E-state index contributed by atoms with van der Waals surface area (Å²) in [5.74, 6) is 0.629. The lowest BCUT2D eigenvalue weighted by Gasteiger charge is -2.23. The molecule has 0 unspecified atom stereocenters. The molecule has 1 aromatic carbocycles. The van der Waals surface area contributed by atoms with Gasteiger partial charge in [-0.2, -0.15) is 0 Å². The van der Waals surface area contributed by atoms with Crippen LogP contribution in [0.4, 0.5) is 4.39 Å². The first-order valence-electron chi connectivity index (χ1n) is 4.82. The van der Waals surface area contributed by atoms with Crippen LogP contribution in [0.3, 0.4) is 0 Å². The molecule has 76 valence electrons. The van der Waals surface area contributed by atoms with Crippen molar-refractivity contribution in [2.45, 2.75) is 25.3 Å². The van der Waals surface area contributed by atoms with Crippen LogP contribution in [-0.2, 0) is 12.8 Å². The second kappa shape index (κ2) is 3.58. The molecule has 1 aliphatic carbocycles. The first-order valence-corrected chi connectivity index (χ1v) is 4.82. The van der Waals surface area contributed by atoms with E-state index >= 15 is 0 Å². The van der Waals surface area contributed by atoms with Crippen LogP contribution >= 0.6 is 0 Å². The summed E-state index contributed by atoms with van der Waals surface area (Å²) in [6.07, 6.45) is 2.30. The molecule has 2 nitrogen and oxygen atoms in total. The topological polar surface area (TPSA) is 35.2 Å². The number of fused-ring (bicyclic) bond motifs is 1. The summed E-state index contributed by atoms with van der Waals surface area (Å²) in [4.78, 5) is 0. The SMILES string of the molecule is COc1ccc(F)c2c1C[C@@H](N)CC2. The van der Waals surface area contributed by atoms with Crippen molar-refractivity contribution in [3.05, 3.63) is 29.1 Å². The van der Waals surface area contributed by atoms with Gasteiger partial charge in [0, 0.05) is 11.6 Å². The van der Waals surface area contributed by atoms with Crippen LogP contribution in [0.15, 0.2) is 12.1 Å². The predicted molar refractivity (Wildman–Crippen MR) is 53.0 cm³/mol. The van der Waals surface area contributed by atoms with Crippen LogP contribution in [0.2, 0.25) is 0 Å². The van der Waals surface area contributed by atoms with E-state index in [0.29, 0.717) is 0 Å². The van der Waals surface area contributed by atoms with E-state index in [1.165, 1.54) is 6.07 Å². The minimum Gasteiger partial charge on any atom is -0.496 e. The molecule has 0 aromatic heterocycles. The Bertz CT molecular complexity index is 351. The highest BCUT2D eigenvalue weighted by Gasteiger charge is 2.21. The van der Waals surface area contributed by atoms with Crippen LogP contribution in [0.1, 0.15) is 17.5 Å². The fourth-order valence-electron chi connectivity index (χ4n) is 2.02. The van der Waals surface area contributed by atoms with E-state index in [9.17, 15) is 4.39 Å². The molecular formula is C11H14FNO. The van der Waals surface area contributed by atoms with Crippen molar-refractivity contribution in [1.29, 1.82) is 0 Å². The summed E-state index contributed by atoms with van der Waals surface area (Å²) in [6.45, 7) is 0. The fraction of sp³-hybridized carbons (Fsp3) is 0.455. The first-order chi connectivity index (χ1) is 6.72. The van der Waals surface area contributed by atoms with Crippen LogP contribution in [0.5, 0.6) is 5.75 Å². The van der Waals surface area contributed by atoms with Crippen molar-refractivity contribution >= 4 is 0 Å². The summed E-state index contributed by atoms with van der Waals surface area (Å²) < 4.78 is 18.6. The molecule has 0 amide bonds. The molecule has 1 atom stereocenters. The van der Waals surface area contributed by atoms with Gasteiger partial charge in [0.25, 0.3) is 0 Å². The van der Waals surface area contributed by atoms with E-state index in [1.54, 1.807) is 13.2 Å². The second-order valence-corrected chi connectivity index (χ2v) is 3.71. The van der Waals surface area contributed by atoms with Gasteiger partial charge in [0.1, 0.15) is 11.6 Å². The fourth-order valence-corrected chi connectivity index (χ4v) is 2.02. The zero-order valence-corrected chi connectivity index (χ0v) is 8.22. The van der Waals surface area contributed by atoms with Crippen molar-refractivity contribution in [2.75, 3.05) is 7.11 Å². The molecule has 2 N–H and O–H groups in total. The van der Waals surface area contributed by atoms with Crippen molar-refractivity contribution in [1.82, 2.24) is 0 Å². The number of halogens is 1. The Labute approximate surface area is 82.9 Å². The average molecular weight is 195 g/mol. The summed E-state index contributed by atoms with van der Waals surface area (Å²) in [5, 5.41) is 0. The largest absolute Gasteiger partial charge is 0.496 e. The minimum absolute atomic E-state index is 0.132. The summed E-state index contributed by atoms with van der Waals surface area (Å²) >= 11 is 0. The molecule has 0 heterocycles. The number of methoxy groups -OCH3 is 1. The van der Waals surface area contributed by atoms with Crippen LogP contribution in [-0.4, -0.2) is 13.2 Å². The lowest BCUT2D eigenvalue weighted by atomic mass is 9.88. The minimum atomic E-state index is -0.132. The normalized spacial score (nSPS) is 20.4. The van der Waals surface area contributed by atoms with Gasteiger partial charge in [0.2, 0.25) is 0 Å². The molecule has 0 bridgehead atoms. The maximum Gasteiger partial charge on any atom is 0.126 e. The van der Waals surface area contributed by atoms with E-state index in [4.69, 9.17) is 10.5 Å². The van der Waals surface area contributed by atoms with Crippen molar-refractivity contribution in [2.24, 2.45) is 5.73 Å². The third-order valence-electron chi connectivity index (χ3n) is 2.78. The van der Waals surface area contributed by atoms with Gasteiger partial charge in [-0.1, -0.05) is 0 Å². The number of nitrogens with two attached hydrogens (primary N) is 1. The van der Waals surface area contributed by atoms with E-state index in [-0.39, 0.29) is 11.9 Å². The summed E-state index contributed by atoms with van der Waals surface area (Å²) in [7, 11) is 1.60. The molecule has 2 rings (SSSR count). The Morgan fingerprint density at radius 3 is 2.93 bits per heavy atom. The molecule has 0 fully saturated rings. The number of ether oxygens (including phenoxy) is 1. The van der Waals surface area contributed by atoms with Crippen molar-refractivity contribution < 1.29 is 9.13 Å². The zero-order chi connectivity index (χ0) is 10.1. The molecule has 1 aromatic rings. The number of rotatable bonds is 1. The zero-order valence-electron chi connectivity index (χ0n) is 8.22. The summed E-state index contributed by atoms with van der Waals surface area (Å²) in [5.41, 5.74) is 7.58. The van der Waals surface area contributed by atoms with Gasteiger partial charge < -0.3 is 10.5 Å². The predicted octanol–water partition coefficient (Wildman–Crippen LogP) is 1.65. The van der Waals surface area contributed by atoms with Gasteiger partial charge >= 0.3 is 0 Å². The standard InChI is InChI=1S/C11H14FNO/c1-14-11-5-4-10(12)8-3-2-7(13)6-9(8)11/h4-5,7H,2-3,6,13H2,1H3/t7-/m0/s1. The smallest absolute Gasteiger partial charge is 0.126 e. The van der Waals surface area contributed by atoms with Gasteiger partial charge in [-0.3, -0.25) is 0 Å². The molecule has 0 saturated carbocycles. The van der Waals surface area contributed by atoms with E-state index < -0.39 is 0 Å². The molecule has 0 aliphatic heterocycles. The maximum atomic E-state index is 13.4. The molecule has 0 saturated heterocycles. The highest BCUT2D eigenvalue weighted by Crippen LogP contribution is 2.30. The number of hydrogen-bond acceptors (Lipinski definition) is 2. The highest BCUT2D eigenvalue weighted by atomic mass is 19.1. The van der Waals surface area contributed by atoms with Crippen LogP contribution in [0, 0.1) is 5.82 Å². The Morgan fingerprint density at radius 2 is 2.21 bits per heavy atom. The third-order valence-corrected chi connectivity index (χ3v) is 2.78. The summed E-state index contributed by atoms with van der Waals surface area (Å²) in [6, 6.07) is 3.28. The lowest BCUT2D eigenvalue weighted by Crippen LogP contribution is -2.28. The Kier molecular flexibility index (Phi) is 2.42. The van der Waals surface area contributed by atoms with E-state index in [0.717, 1.165) is 36.1 Å². The van der Waals surface area contributed by atoms with Gasteiger partial charge in [-0.15, -0.1) is 0 Å². The van der Waals surface area contributed by atoms with Crippen molar-refractivity contribution in [3.8, 4) is 5.75 Å². The lowest BCUT2D eigenvalue weighted by molar-refractivity contribution is 0.400. The molecule has 0 radical (unpaired) electrons. The molecule has 3 heteroatoms. The molecular weight excluding hydrogens is 181 g/mol. The molecule has 0 spiro atoms. The van der Waals surface area contributed by atoms with Gasteiger partial charge in [-0.25, -0.2) is 4.39 Å². The Balaban J connectivity index is 2.49. The van der Waals surface area contributed by atoms with E-state index in [2.05, 4.69) is 0 Å². The highest BCUT2D eigenvalue weighted by molar-refractivity contribution is 5.43. The monoisotopic (exact) mass is 195 g/mol. The van der Waals surface area contributed by atoms with Gasteiger partial charge in [0.15, 0.2) is 0 Å². The van der Waals surface area contributed by atoms with Crippen LogP contribution in [0.25, 0.3) is 0 Å². The third kappa shape index (κ3) is 1.48. The number of benzene rings is 1. The van der Waals surface area contributed by atoms with Crippen LogP contribution < -0.4 is 10.5 Å². The first kappa shape index (κ1) is 9.46. The second-order valence-electron chi connectivity index (χ2n) is 3.71. The quantitative estimate of drug-likeness (QED) is 0.739. The van der Waals surface area contributed by atoms with Gasteiger partial charge in [0.05, 0.1) is 7.11 Å². The van der Waals surface area contributed by atoms with E-state index in [1.807, 2.05) is 0 Å². The Morgan fingerprint density at radius 1 is 1.43 bits per heavy atom. The Hall–Kier alpha value is -1.09. The maximum absolute atomic E-state index is 13.4. The number of hydrogen-bond donors (Lipinski definition) is 1. The average Bonchev–Trinajstić information content (AvgIpc) is 2.18. The van der Waals surface area contributed by atoms with Crippen molar-refractivity contribution in [3.63, 3.8) is 0 Å². The molecule has 1 aliphatic rings. The van der Waals surface area contributed by atoms with Gasteiger partial charge in [-0.05, 0) is 37.0 Å². The molecule has 14 heavy (non-hydrogen) atoms.